The molecule has 0 fully saturated rings. The zero-order valence-corrected chi connectivity index (χ0v) is 10.7. The van der Waals surface area contributed by atoms with Crippen LogP contribution < -0.4 is 11.1 Å². The van der Waals surface area contributed by atoms with Crippen molar-refractivity contribution in [2.75, 3.05) is 13.1 Å². The summed E-state index contributed by atoms with van der Waals surface area (Å²) in [5.41, 5.74) is 6.49. The first-order chi connectivity index (χ1) is 8.13. The molecule has 0 unspecified atom stereocenters. The summed E-state index contributed by atoms with van der Waals surface area (Å²) in [6, 6.07) is 9.59. The summed E-state index contributed by atoms with van der Waals surface area (Å²) in [4.78, 5) is 13.7. The van der Waals surface area contributed by atoms with Crippen molar-refractivity contribution in [1.29, 1.82) is 0 Å². The largest absolute Gasteiger partial charge is 0.392 e. The summed E-state index contributed by atoms with van der Waals surface area (Å²) in [6.45, 7) is 3.29. The van der Waals surface area contributed by atoms with E-state index in [0.717, 1.165) is 5.56 Å². The number of benzene rings is 1. The molecule has 17 heavy (non-hydrogen) atoms. The highest BCUT2D eigenvalue weighted by molar-refractivity contribution is 7.80. The Kier molecular flexibility index (Phi) is 5.42. The molecule has 92 valence electrons. The van der Waals surface area contributed by atoms with Gasteiger partial charge >= 0.3 is 6.03 Å². The number of rotatable bonds is 5. The van der Waals surface area contributed by atoms with Crippen molar-refractivity contribution >= 4 is 23.2 Å². The second-order valence-corrected chi connectivity index (χ2v) is 4.15. The van der Waals surface area contributed by atoms with Gasteiger partial charge in [0.2, 0.25) is 0 Å². The van der Waals surface area contributed by atoms with Crippen LogP contribution in [0.15, 0.2) is 30.3 Å². The van der Waals surface area contributed by atoms with Gasteiger partial charge in [0.15, 0.2) is 0 Å². The van der Waals surface area contributed by atoms with Crippen LogP contribution in [0.5, 0.6) is 0 Å². The molecule has 2 amide bonds. The monoisotopic (exact) mass is 251 g/mol. The Balaban J connectivity index is 2.45. The minimum atomic E-state index is -0.149. The standard InChI is InChI=1S/C12H17N3OS/c1-2-15(9-11(13)17)12(16)14-8-10-6-4-3-5-7-10/h3-7H,2,8-9H2,1H3,(H2,13,17)(H,14,16). The van der Waals surface area contributed by atoms with Gasteiger partial charge in [-0.05, 0) is 12.5 Å². The van der Waals surface area contributed by atoms with Crippen LogP contribution in [0.3, 0.4) is 0 Å². The van der Waals surface area contributed by atoms with Crippen LogP contribution in [0.1, 0.15) is 12.5 Å². The first-order valence-electron chi connectivity index (χ1n) is 5.48. The molecule has 1 rings (SSSR count). The molecule has 0 heterocycles. The molecule has 5 heteroatoms. The summed E-state index contributed by atoms with van der Waals surface area (Å²) in [7, 11) is 0. The third-order valence-electron chi connectivity index (χ3n) is 2.30. The predicted octanol–water partition coefficient (Wildman–Crippen LogP) is 1.50. The van der Waals surface area contributed by atoms with Crippen LogP contribution in [0.25, 0.3) is 0 Å². The Labute approximate surface area is 107 Å². The van der Waals surface area contributed by atoms with E-state index >= 15 is 0 Å². The summed E-state index contributed by atoms with van der Waals surface area (Å²) in [5.74, 6) is 0. The quantitative estimate of drug-likeness (QED) is 0.780. The minimum Gasteiger partial charge on any atom is -0.392 e. The number of hydrogen-bond acceptors (Lipinski definition) is 2. The molecule has 0 aliphatic rings. The van der Waals surface area contributed by atoms with Crippen LogP contribution in [-0.4, -0.2) is 29.0 Å². The SMILES string of the molecule is CCN(CC(N)=S)C(=O)NCc1ccccc1. The third-order valence-corrected chi connectivity index (χ3v) is 2.43. The third kappa shape index (κ3) is 4.82. The van der Waals surface area contributed by atoms with E-state index in [2.05, 4.69) is 5.32 Å². The Bertz CT molecular complexity index is 381. The molecule has 0 radical (unpaired) electrons. The number of likely N-dealkylation sites (N-methyl/N-ethyl adjacent to an activating group) is 1. The number of nitrogens with one attached hydrogen (secondary N) is 1. The molecule has 0 aromatic heterocycles. The number of nitrogens with zero attached hydrogens (tertiary/aromatic N) is 1. The zero-order valence-electron chi connectivity index (χ0n) is 9.85. The molecule has 1 aromatic carbocycles. The summed E-state index contributed by atoms with van der Waals surface area (Å²) in [5, 5.41) is 2.83. The van der Waals surface area contributed by atoms with Gasteiger partial charge in [-0.25, -0.2) is 4.79 Å². The van der Waals surface area contributed by atoms with Gasteiger partial charge in [0, 0.05) is 13.1 Å². The Morgan fingerprint density at radius 2 is 2.06 bits per heavy atom. The highest BCUT2D eigenvalue weighted by Crippen LogP contribution is 1.98. The lowest BCUT2D eigenvalue weighted by Crippen LogP contribution is -2.43. The second kappa shape index (κ2) is 6.85. The van der Waals surface area contributed by atoms with E-state index in [4.69, 9.17) is 18.0 Å². The fourth-order valence-corrected chi connectivity index (χ4v) is 1.56. The molecule has 0 aliphatic heterocycles. The van der Waals surface area contributed by atoms with Crippen LogP contribution in [0.2, 0.25) is 0 Å². The number of amides is 2. The Morgan fingerprint density at radius 3 is 2.59 bits per heavy atom. The fraction of sp³-hybridized carbons (Fsp3) is 0.333. The molecule has 4 nitrogen and oxygen atoms in total. The van der Waals surface area contributed by atoms with Crippen LogP contribution in [0, 0.1) is 0 Å². The smallest absolute Gasteiger partial charge is 0.318 e. The number of carbonyl (C=O) groups excluding carboxylic acids is 1. The average molecular weight is 251 g/mol. The first kappa shape index (κ1) is 13.4. The number of carbonyl (C=O) groups is 1. The highest BCUT2D eigenvalue weighted by Gasteiger charge is 2.11. The average Bonchev–Trinajstić information content (AvgIpc) is 2.34. The summed E-state index contributed by atoms with van der Waals surface area (Å²) < 4.78 is 0. The lowest BCUT2D eigenvalue weighted by atomic mass is 10.2. The second-order valence-electron chi connectivity index (χ2n) is 3.62. The molecule has 0 bridgehead atoms. The lowest BCUT2D eigenvalue weighted by Gasteiger charge is -2.20. The van der Waals surface area contributed by atoms with Crippen molar-refractivity contribution in [2.24, 2.45) is 5.73 Å². The van der Waals surface area contributed by atoms with E-state index in [1.165, 1.54) is 0 Å². The van der Waals surface area contributed by atoms with Crippen LogP contribution in [-0.2, 0) is 6.54 Å². The van der Waals surface area contributed by atoms with Crippen molar-refractivity contribution in [3.05, 3.63) is 35.9 Å². The van der Waals surface area contributed by atoms with Gasteiger partial charge in [0.05, 0.1) is 11.5 Å². The van der Waals surface area contributed by atoms with Crippen molar-refractivity contribution in [3.8, 4) is 0 Å². The number of urea groups is 1. The minimum absolute atomic E-state index is 0.149. The van der Waals surface area contributed by atoms with E-state index in [-0.39, 0.29) is 6.03 Å². The van der Waals surface area contributed by atoms with Gasteiger partial charge in [-0.3, -0.25) is 0 Å². The van der Waals surface area contributed by atoms with Crippen molar-refractivity contribution in [2.45, 2.75) is 13.5 Å². The molecule has 0 aliphatic carbocycles. The number of thiocarbonyl (C=S) groups is 1. The Hall–Kier alpha value is -1.62. The molecule has 3 N–H and O–H groups in total. The summed E-state index contributed by atoms with van der Waals surface area (Å²) in [6.07, 6.45) is 0. The van der Waals surface area contributed by atoms with E-state index in [9.17, 15) is 4.79 Å². The normalized spacial score (nSPS) is 9.71. The van der Waals surface area contributed by atoms with E-state index < -0.39 is 0 Å². The van der Waals surface area contributed by atoms with Gasteiger partial charge in [0.1, 0.15) is 0 Å². The maximum atomic E-state index is 11.8. The molecule has 0 saturated carbocycles. The predicted molar refractivity (Wildman–Crippen MR) is 72.7 cm³/mol. The molecule has 0 atom stereocenters. The lowest BCUT2D eigenvalue weighted by molar-refractivity contribution is 0.207. The van der Waals surface area contributed by atoms with E-state index in [1.54, 1.807) is 4.90 Å². The topological polar surface area (TPSA) is 58.4 Å². The maximum absolute atomic E-state index is 11.8. The van der Waals surface area contributed by atoms with Gasteiger partial charge in [-0.15, -0.1) is 0 Å². The molecular formula is C12H17N3OS. The first-order valence-corrected chi connectivity index (χ1v) is 5.89. The van der Waals surface area contributed by atoms with Crippen LogP contribution in [0.4, 0.5) is 4.79 Å². The van der Waals surface area contributed by atoms with Gasteiger partial charge in [-0.2, -0.15) is 0 Å². The zero-order chi connectivity index (χ0) is 12.7. The fourth-order valence-electron chi connectivity index (χ4n) is 1.40. The number of hydrogen-bond donors (Lipinski definition) is 2. The number of nitrogens with two attached hydrogens (primary N) is 1. The van der Waals surface area contributed by atoms with Crippen LogP contribution >= 0.6 is 12.2 Å². The van der Waals surface area contributed by atoms with Crippen molar-refractivity contribution in [1.82, 2.24) is 10.2 Å². The van der Waals surface area contributed by atoms with Crippen molar-refractivity contribution in [3.63, 3.8) is 0 Å². The van der Waals surface area contributed by atoms with Gasteiger partial charge in [0.25, 0.3) is 0 Å². The molecule has 0 spiro atoms. The maximum Gasteiger partial charge on any atom is 0.318 e. The Morgan fingerprint density at radius 1 is 1.41 bits per heavy atom. The van der Waals surface area contributed by atoms with Gasteiger partial charge in [-0.1, -0.05) is 42.5 Å². The summed E-state index contributed by atoms with van der Waals surface area (Å²) >= 11 is 4.79. The molecule has 0 saturated heterocycles. The molecular weight excluding hydrogens is 234 g/mol. The van der Waals surface area contributed by atoms with E-state index in [1.807, 2.05) is 37.3 Å². The molecule has 1 aromatic rings. The van der Waals surface area contributed by atoms with Crippen molar-refractivity contribution < 1.29 is 4.79 Å². The van der Waals surface area contributed by atoms with Gasteiger partial charge < -0.3 is 16.0 Å². The van der Waals surface area contributed by atoms with E-state index in [0.29, 0.717) is 24.6 Å². The highest BCUT2D eigenvalue weighted by atomic mass is 32.1.